The van der Waals surface area contributed by atoms with Crippen molar-refractivity contribution in [1.82, 2.24) is 15.0 Å². The summed E-state index contributed by atoms with van der Waals surface area (Å²) in [7, 11) is 0. The summed E-state index contributed by atoms with van der Waals surface area (Å²) in [5, 5.41) is 14.3. The van der Waals surface area contributed by atoms with Crippen molar-refractivity contribution in [1.29, 1.82) is 0 Å². The highest BCUT2D eigenvalue weighted by molar-refractivity contribution is 5.40. The Labute approximate surface area is 80.8 Å². The summed E-state index contributed by atoms with van der Waals surface area (Å²) in [6, 6.07) is 0.457. The molecule has 0 aliphatic heterocycles. The standard InChI is InChI=1S/C7H12N6O/c8-5-11-6(9-3-14)13-7(12-5)10-4-1-2-4/h4,14H,1-3H2,(H4,8,9,10,11,12,13). The van der Waals surface area contributed by atoms with Crippen molar-refractivity contribution in [2.45, 2.75) is 18.9 Å². The van der Waals surface area contributed by atoms with Gasteiger partial charge in [0.15, 0.2) is 0 Å². The largest absolute Gasteiger partial charge is 0.376 e. The van der Waals surface area contributed by atoms with Gasteiger partial charge in [0.1, 0.15) is 6.73 Å². The fraction of sp³-hybridized carbons (Fsp3) is 0.571. The number of anilines is 3. The number of hydrogen-bond acceptors (Lipinski definition) is 7. The number of aliphatic hydroxyl groups is 1. The number of rotatable bonds is 4. The summed E-state index contributed by atoms with van der Waals surface area (Å²) in [5.41, 5.74) is 5.46. The zero-order chi connectivity index (χ0) is 9.97. The van der Waals surface area contributed by atoms with Crippen molar-refractivity contribution in [2.75, 3.05) is 23.1 Å². The van der Waals surface area contributed by atoms with Gasteiger partial charge in [0.05, 0.1) is 0 Å². The first kappa shape index (κ1) is 8.95. The van der Waals surface area contributed by atoms with E-state index in [4.69, 9.17) is 10.8 Å². The number of hydrogen-bond donors (Lipinski definition) is 4. The van der Waals surface area contributed by atoms with E-state index in [1.807, 2.05) is 0 Å². The molecule has 1 fully saturated rings. The average molecular weight is 196 g/mol. The molecule has 0 atom stereocenters. The van der Waals surface area contributed by atoms with Crippen molar-refractivity contribution >= 4 is 17.8 Å². The third kappa shape index (κ3) is 2.19. The number of nitrogens with two attached hydrogens (primary N) is 1. The Morgan fingerprint density at radius 1 is 1.29 bits per heavy atom. The van der Waals surface area contributed by atoms with Crippen molar-refractivity contribution in [3.05, 3.63) is 0 Å². The molecule has 7 nitrogen and oxygen atoms in total. The Morgan fingerprint density at radius 3 is 2.64 bits per heavy atom. The zero-order valence-corrected chi connectivity index (χ0v) is 7.56. The summed E-state index contributed by atoms with van der Waals surface area (Å²) in [6.07, 6.45) is 2.27. The minimum absolute atomic E-state index is 0.138. The first-order valence-corrected chi connectivity index (χ1v) is 4.41. The lowest BCUT2D eigenvalue weighted by Gasteiger charge is -2.05. The van der Waals surface area contributed by atoms with Crippen LogP contribution >= 0.6 is 0 Å². The highest BCUT2D eigenvalue weighted by Gasteiger charge is 2.22. The summed E-state index contributed by atoms with van der Waals surface area (Å²) < 4.78 is 0. The van der Waals surface area contributed by atoms with Gasteiger partial charge in [-0.2, -0.15) is 15.0 Å². The Kier molecular flexibility index (Phi) is 2.32. The van der Waals surface area contributed by atoms with Crippen molar-refractivity contribution in [3.63, 3.8) is 0 Å². The second-order valence-corrected chi connectivity index (χ2v) is 3.09. The number of nitrogen functional groups attached to an aromatic ring is 1. The summed E-state index contributed by atoms with van der Waals surface area (Å²) in [5.74, 6) is 0.873. The Bertz CT molecular complexity index is 326. The van der Waals surface area contributed by atoms with Gasteiger partial charge in [-0.1, -0.05) is 0 Å². The van der Waals surface area contributed by atoms with Crippen molar-refractivity contribution in [2.24, 2.45) is 0 Å². The highest BCUT2D eigenvalue weighted by Crippen LogP contribution is 2.23. The molecule has 1 aliphatic carbocycles. The van der Waals surface area contributed by atoms with E-state index in [9.17, 15) is 0 Å². The van der Waals surface area contributed by atoms with E-state index in [1.165, 1.54) is 0 Å². The van der Waals surface area contributed by atoms with Crippen LogP contribution < -0.4 is 16.4 Å². The van der Waals surface area contributed by atoms with E-state index in [0.29, 0.717) is 12.0 Å². The first-order valence-electron chi connectivity index (χ1n) is 4.41. The molecule has 0 bridgehead atoms. The second-order valence-electron chi connectivity index (χ2n) is 3.09. The van der Waals surface area contributed by atoms with Gasteiger partial charge in [0.2, 0.25) is 17.8 Å². The monoisotopic (exact) mass is 196 g/mol. The van der Waals surface area contributed by atoms with E-state index < -0.39 is 0 Å². The fourth-order valence-electron chi connectivity index (χ4n) is 1.02. The summed E-state index contributed by atoms with van der Waals surface area (Å²) >= 11 is 0. The molecule has 2 rings (SSSR count). The lowest BCUT2D eigenvalue weighted by Crippen LogP contribution is -2.12. The quantitative estimate of drug-likeness (QED) is 0.475. The minimum atomic E-state index is -0.230. The molecule has 0 amide bonds. The van der Waals surface area contributed by atoms with Gasteiger partial charge in [0, 0.05) is 6.04 Å². The van der Waals surface area contributed by atoms with Gasteiger partial charge < -0.3 is 21.5 Å². The number of nitrogens with zero attached hydrogens (tertiary/aromatic N) is 3. The maximum atomic E-state index is 8.62. The highest BCUT2D eigenvalue weighted by atomic mass is 16.3. The third-order valence-corrected chi connectivity index (χ3v) is 1.80. The van der Waals surface area contributed by atoms with Crippen LogP contribution in [0.1, 0.15) is 12.8 Å². The lowest BCUT2D eigenvalue weighted by molar-refractivity contribution is 0.324. The topological polar surface area (TPSA) is 109 Å². The minimum Gasteiger partial charge on any atom is -0.376 e. The van der Waals surface area contributed by atoms with Crippen LogP contribution in [0.3, 0.4) is 0 Å². The van der Waals surface area contributed by atoms with Crippen LogP contribution in [-0.2, 0) is 0 Å². The predicted octanol–water partition coefficient (Wildman–Crippen LogP) is -0.610. The molecule has 5 N–H and O–H groups in total. The zero-order valence-electron chi connectivity index (χ0n) is 7.56. The average Bonchev–Trinajstić information content (AvgIpc) is 2.87. The SMILES string of the molecule is Nc1nc(NCO)nc(NC2CC2)n1. The Hall–Kier alpha value is -1.63. The lowest BCUT2D eigenvalue weighted by atomic mass is 10.7. The van der Waals surface area contributed by atoms with Gasteiger partial charge in [-0.15, -0.1) is 0 Å². The third-order valence-electron chi connectivity index (χ3n) is 1.80. The van der Waals surface area contributed by atoms with Gasteiger partial charge >= 0.3 is 0 Å². The fourth-order valence-corrected chi connectivity index (χ4v) is 1.02. The molecular weight excluding hydrogens is 184 g/mol. The molecule has 0 unspecified atom stereocenters. The van der Waals surface area contributed by atoms with Crippen LogP contribution in [0.4, 0.5) is 17.8 Å². The van der Waals surface area contributed by atoms with Gasteiger partial charge in [-0.25, -0.2) is 0 Å². The first-order chi connectivity index (χ1) is 6.78. The van der Waals surface area contributed by atoms with Crippen LogP contribution in [0.25, 0.3) is 0 Å². The maximum absolute atomic E-state index is 8.62. The van der Waals surface area contributed by atoms with E-state index in [0.717, 1.165) is 12.8 Å². The molecule has 76 valence electrons. The predicted molar refractivity (Wildman–Crippen MR) is 51.6 cm³/mol. The molecule has 7 heteroatoms. The smallest absolute Gasteiger partial charge is 0.231 e. The van der Waals surface area contributed by atoms with Gasteiger partial charge in [-0.3, -0.25) is 0 Å². The second kappa shape index (κ2) is 3.62. The molecule has 1 aromatic rings. The molecule has 0 radical (unpaired) electrons. The van der Waals surface area contributed by atoms with E-state index in [1.54, 1.807) is 0 Å². The Morgan fingerprint density at radius 2 is 2.00 bits per heavy atom. The van der Waals surface area contributed by atoms with E-state index in [-0.39, 0.29) is 18.6 Å². The molecule has 1 saturated carbocycles. The van der Waals surface area contributed by atoms with Gasteiger partial charge in [-0.05, 0) is 12.8 Å². The molecule has 14 heavy (non-hydrogen) atoms. The summed E-state index contributed by atoms with van der Waals surface area (Å²) in [4.78, 5) is 11.7. The van der Waals surface area contributed by atoms with Crippen LogP contribution in [-0.4, -0.2) is 32.8 Å². The number of aliphatic hydroxyl groups excluding tert-OH is 1. The van der Waals surface area contributed by atoms with E-state index >= 15 is 0 Å². The normalized spacial score (nSPS) is 15.2. The molecule has 0 saturated heterocycles. The van der Waals surface area contributed by atoms with Crippen LogP contribution in [0.15, 0.2) is 0 Å². The van der Waals surface area contributed by atoms with Crippen LogP contribution in [0.2, 0.25) is 0 Å². The van der Waals surface area contributed by atoms with Gasteiger partial charge in [0.25, 0.3) is 0 Å². The molecule has 1 aromatic heterocycles. The molecule has 0 aromatic carbocycles. The molecule has 1 aliphatic rings. The molecule has 1 heterocycles. The Balaban J connectivity index is 2.12. The van der Waals surface area contributed by atoms with Crippen molar-refractivity contribution in [3.8, 4) is 0 Å². The summed E-state index contributed by atoms with van der Waals surface area (Å²) in [6.45, 7) is -0.230. The number of nitrogens with one attached hydrogen (secondary N) is 2. The molecular formula is C7H12N6O. The molecule has 0 spiro atoms. The number of aromatic nitrogens is 3. The van der Waals surface area contributed by atoms with Crippen LogP contribution in [0, 0.1) is 0 Å². The van der Waals surface area contributed by atoms with E-state index in [2.05, 4.69) is 25.6 Å². The maximum Gasteiger partial charge on any atom is 0.231 e. The van der Waals surface area contributed by atoms with Crippen LogP contribution in [0.5, 0.6) is 0 Å². The van der Waals surface area contributed by atoms with Crippen molar-refractivity contribution < 1.29 is 5.11 Å².